The van der Waals surface area contributed by atoms with Crippen molar-refractivity contribution in [3.63, 3.8) is 0 Å². The Balaban J connectivity index is 1.36. The number of anilines is 3. The molecule has 1 aliphatic heterocycles. The van der Waals surface area contributed by atoms with Crippen molar-refractivity contribution in [2.75, 3.05) is 33.8 Å². The number of rotatable bonds is 7. The quantitative estimate of drug-likeness (QED) is 0.491. The van der Waals surface area contributed by atoms with Gasteiger partial charge in [-0.1, -0.05) is 12.1 Å². The summed E-state index contributed by atoms with van der Waals surface area (Å²) in [5, 5.41) is 8.90. The summed E-state index contributed by atoms with van der Waals surface area (Å²) in [6.45, 7) is 2.01. The first-order chi connectivity index (χ1) is 15.9. The highest BCUT2D eigenvalue weighted by molar-refractivity contribution is 7.93. The molecular weight excluding hydrogens is 442 g/mol. The second-order valence-corrected chi connectivity index (χ2v) is 9.61. The molecule has 0 atom stereocenters. The van der Waals surface area contributed by atoms with E-state index in [0.29, 0.717) is 22.6 Å². The molecule has 3 aromatic rings. The molecule has 0 spiro atoms. The lowest BCUT2D eigenvalue weighted by Crippen LogP contribution is -2.29. The number of nitrogens with zero attached hydrogens (tertiary/aromatic N) is 2. The van der Waals surface area contributed by atoms with Gasteiger partial charge in [0.2, 0.25) is 15.9 Å². The van der Waals surface area contributed by atoms with Crippen molar-refractivity contribution in [3.05, 3.63) is 71.0 Å². The molecule has 172 valence electrons. The maximum atomic E-state index is 12.5. The Hall–Kier alpha value is -3.66. The molecule has 1 amide bonds. The molecule has 0 unspecified atom stereocenters. The number of aromatic amines is 1. The van der Waals surface area contributed by atoms with Crippen LogP contribution in [0, 0.1) is 0 Å². The SMILES string of the molecule is O=C(CS(=O)(=O)Nc1ccc(N2CCCCC2)cc1)Nc1cccc(-c2ccc(=O)[nH]n2)c1. The molecule has 1 aromatic heterocycles. The zero-order valence-corrected chi connectivity index (χ0v) is 18.8. The summed E-state index contributed by atoms with van der Waals surface area (Å²) in [6.07, 6.45) is 3.56. The Kier molecular flexibility index (Phi) is 6.74. The normalized spacial score (nSPS) is 14.0. The van der Waals surface area contributed by atoms with Crippen molar-refractivity contribution in [1.82, 2.24) is 10.2 Å². The molecule has 3 N–H and O–H groups in total. The highest BCUT2D eigenvalue weighted by Crippen LogP contribution is 2.23. The Labute approximate surface area is 191 Å². The molecule has 10 heteroatoms. The van der Waals surface area contributed by atoms with Crippen LogP contribution in [0.5, 0.6) is 0 Å². The van der Waals surface area contributed by atoms with E-state index in [1.54, 1.807) is 42.5 Å². The van der Waals surface area contributed by atoms with Crippen LogP contribution in [-0.2, 0) is 14.8 Å². The van der Waals surface area contributed by atoms with Crippen molar-refractivity contribution in [2.45, 2.75) is 19.3 Å². The van der Waals surface area contributed by atoms with Gasteiger partial charge in [0.1, 0.15) is 5.75 Å². The zero-order chi connectivity index (χ0) is 23.3. The molecule has 4 rings (SSSR count). The first kappa shape index (κ1) is 22.5. The monoisotopic (exact) mass is 467 g/mol. The predicted octanol–water partition coefficient (Wildman–Crippen LogP) is 2.81. The summed E-state index contributed by atoms with van der Waals surface area (Å²) in [4.78, 5) is 25.8. The van der Waals surface area contributed by atoms with Gasteiger partial charge >= 0.3 is 0 Å². The minimum atomic E-state index is -3.89. The van der Waals surface area contributed by atoms with Crippen LogP contribution >= 0.6 is 0 Å². The number of amides is 1. The minimum Gasteiger partial charge on any atom is -0.372 e. The largest absolute Gasteiger partial charge is 0.372 e. The van der Waals surface area contributed by atoms with Gasteiger partial charge in [0.15, 0.2) is 0 Å². The first-order valence-corrected chi connectivity index (χ1v) is 12.3. The number of benzene rings is 2. The van der Waals surface area contributed by atoms with Crippen LogP contribution in [-0.4, -0.2) is 43.4 Å². The summed E-state index contributed by atoms with van der Waals surface area (Å²) in [7, 11) is -3.89. The van der Waals surface area contributed by atoms with Crippen molar-refractivity contribution in [3.8, 4) is 11.3 Å². The summed E-state index contributed by atoms with van der Waals surface area (Å²) >= 11 is 0. The van der Waals surface area contributed by atoms with Crippen LogP contribution in [0.25, 0.3) is 11.3 Å². The van der Waals surface area contributed by atoms with Gasteiger partial charge in [0.05, 0.1) is 5.69 Å². The molecule has 0 radical (unpaired) electrons. The number of hydrogen-bond donors (Lipinski definition) is 3. The van der Waals surface area contributed by atoms with Crippen molar-refractivity contribution in [1.29, 1.82) is 0 Å². The Morgan fingerprint density at radius 2 is 1.73 bits per heavy atom. The second-order valence-electron chi connectivity index (χ2n) is 7.89. The van der Waals surface area contributed by atoms with E-state index in [-0.39, 0.29) is 5.56 Å². The van der Waals surface area contributed by atoms with Gasteiger partial charge in [-0.05, 0) is 61.7 Å². The van der Waals surface area contributed by atoms with Crippen molar-refractivity contribution < 1.29 is 13.2 Å². The molecule has 1 fully saturated rings. The number of carbonyl (C=O) groups excluding carboxylic acids is 1. The van der Waals surface area contributed by atoms with Crippen molar-refractivity contribution >= 4 is 33.0 Å². The predicted molar refractivity (Wildman–Crippen MR) is 129 cm³/mol. The number of sulfonamides is 1. The van der Waals surface area contributed by atoms with Crippen LogP contribution in [0.15, 0.2) is 65.5 Å². The molecule has 0 bridgehead atoms. The van der Waals surface area contributed by atoms with E-state index in [0.717, 1.165) is 31.6 Å². The average Bonchev–Trinajstić information content (AvgIpc) is 2.80. The molecule has 0 saturated carbocycles. The number of piperidine rings is 1. The Morgan fingerprint density at radius 3 is 2.42 bits per heavy atom. The lowest BCUT2D eigenvalue weighted by molar-refractivity contribution is -0.113. The standard InChI is InChI=1S/C23H25N5O4S/c29-22-12-11-21(25-26-22)17-5-4-6-19(15-17)24-23(30)16-33(31,32)27-18-7-9-20(10-8-18)28-13-2-1-3-14-28/h4-12,15,27H,1-3,13-14,16H2,(H,24,30)(H,26,29). The van der Waals surface area contributed by atoms with E-state index >= 15 is 0 Å². The molecule has 0 aliphatic carbocycles. The summed E-state index contributed by atoms with van der Waals surface area (Å²) in [6, 6.07) is 16.9. The number of H-pyrrole nitrogens is 1. The summed E-state index contributed by atoms with van der Waals surface area (Å²) in [5.41, 5.74) is 2.77. The topological polar surface area (TPSA) is 124 Å². The van der Waals surface area contributed by atoms with E-state index in [1.165, 1.54) is 12.5 Å². The fourth-order valence-corrected chi connectivity index (χ4v) is 4.72. The van der Waals surface area contributed by atoms with Gasteiger partial charge < -0.3 is 10.2 Å². The van der Waals surface area contributed by atoms with E-state index in [2.05, 4.69) is 25.1 Å². The van der Waals surface area contributed by atoms with Crippen molar-refractivity contribution in [2.24, 2.45) is 0 Å². The second kappa shape index (κ2) is 9.86. The van der Waals surface area contributed by atoms with Crippen LogP contribution in [0.1, 0.15) is 19.3 Å². The average molecular weight is 468 g/mol. The summed E-state index contributed by atoms with van der Waals surface area (Å²) < 4.78 is 27.4. The van der Waals surface area contributed by atoms with Gasteiger partial charge in [-0.15, -0.1) is 0 Å². The van der Waals surface area contributed by atoms with Gasteiger partial charge in [-0.3, -0.25) is 14.3 Å². The molecule has 1 saturated heterocycles. The third kappa shape index (κ3) is 6.19. The highest BCUT2D eigenvalue weighted by atomic mass is 32.2. The molecule has 1 aliphatic rings. The fourth-order valence-electron chi connectivity index (χ4n) is 3.74. The number of hydrogen-bond acceptors (Lipinski definition) is 6. The van der Waals surface area contributed by atoms with Gasteiger partial charge in [-0.25, -0.2) is 13.5 Å². The Morgan fingerprint density at radius 1 is 0.970 bits per heavy atom. The van der Waals surface area contributed by atoms with E-state index in [9.17, 15) is 18.0 Å². The Bertz CT molecular complexity index is 1260. The zero-order valence-electron chi connectivity index (χ0n) is 18.0. The third-order valence-corrected chi connectivity index (χ3v) is 6.49. The molecule has 2 heterocycles. The van der Waals surface area contributed by atoms with Crippen LogP contribution in [0.2, 0.25) is 0 Å². The minimum absolute atomic E-state index is 0.318. The first-order valence-electron chi connectivity index (χ1n) is 10.7. The van der Waals surface area contributed by atoms with E-state index < -0.39 is 21.7 Å². The number of nitrogens with one attached hydrogen (secondary N) is 3. The molecule has 2 aromatic carbocycles. The lowest BCUT2D eigenvalue weighted by Gasteiger charge is -2.28. The molecular formula is C23H25N5O4S. The summed E-state index contributed by atoms with van der Waals surface area (Å²) in [5.74, 6) is -1.39. The van der Waals surface area contributed by atoms with E-state index in [4.69, 9.17) is 0 Å². The maximum absolute atomic E-state index is 12.5. The fraction of sp³-hybridized carbons (Fsp3) is 0.261. The molecule has 9 nitrogen and oxygen atoms in total. The van der Waals surface area contributed by atoms with Gasteiger partial charge in [-0.2, -0.15) is 5.10 Å². The third-order valence-electron chi connectivity index (χ3n) is 5.30. The number of aromatic nitrogens is 2. The van der Waals surface area contributed by atoms with E-state index in [1.807, 2.05) is 12.1 Å². The van der Waals surface area contributed by atoms with Gasteiger partial charge in [0.25, 0.3) is 5.56 Å². The van der Waals surface area contributed by atoms with Crippen LogP contribution < -0.4 is 20.5 Å². The van der Waals surface area contributed by atoms with Gasteiger partial charge in [0, 0.05) is 41.8 Å². The van der Waals surface area contributed by atoms with Crippen LogP contribution in [0.3, 0.4) is 0 Å². The maximum Gasteiger partial charge on any atom is 0.264 e. The molecule has 33 heavy (non-hydrogen) atoms. The highest BCUT2D eigenvalue weighted by Gasteiger charge is 2.18. The van der Waals surface area contributed by atoms with Crippen LogP contribution in [0.4, 0.5) is 17.1 Å². The smallest absolute Gasteiger partial charge is 0.264 e. The lowest BCUT2D eigenvalue weighted by atomic mass is 10.1. The number of carbonyl (C=O) groups is 1.